The van der Waals surface area contributed by atoms with Crippen molar-refractivity contribution in [1.82, 2.24) is 4.57 Å². The van der Waals surface area contributed by atoms with E-state index in [4.69, 9.17) is 4.74 Å². The molecule has 2 rings (SSSR count). The van der Waals surface area contributed by atoms with Crippen LogP contribution in [0.15, 0.2) is 41.2 Å². The lowest BCUT2D eigenvalue weighted by Gasteiger charge is -2.18. The summed E-state index contributed by atoms with van der Waals surface area (Å²) < 4.78 is 7.06. The summed E-state index contributed by atoms with van der Waals surface area (Å²) in [5.74, 6) is 1.23. The van der Waals surface area contributed by atoms with Crippen molar-refractivity contribution in [3.63, 3.8) is 0 Å². The molecule has 0 aliphatic carbocycles. The van der Waals surface area contributed by atoms with Crippen molar-refractivity contribution in [1.29, 1.82) is 0 Å². The van der Waals surface area contributed by atoms with Crippen LogP contribution < -0.4 is 10.3 Å². The number of nitrogens with zero attached hydrogens (tertiary/aromatic N) is 1. The maximum absolute atomic E-state index is 12.5. The van der Waals surface area contributed by atoms with Crippen LogP contribution >= 0.6 is 12.6 Å². The quantitative estimate of drug-likeness (QED) is 0.873. The smallest absolute Gasteiger partial charge is 0.255 e. The molecule has 0 aliphatic rings. The summed E-state index contributed by atoms with van der Waals surface area (Å²) in [5, 5.41) is 0. The predicted octanol–water partition coefficient (Wildman–Crippen LogP) is 3.53. The Morgan fingerprint density at radius 3 is 2.60 bits per heavy atom. The van der Waals surface area contributed by atoms with Gasteiger partial charge in [0.1, 0.15) is 5.75 Å². The molecule has 0 atom stereocenters. The van der Waals surface area contributed by atoms with Crippen LogP contribution in [0.25, 0.3) is 11.3 Å². The second-order valence-corrected chi connectivity index (χ2v) is 5.22. The van der Waals surface area contributed by atoms with Crippen LogP contribution in [0.4, 0.5) is 0 Å². The molecule has 1 aromatic carbocycles. The number of benzene rings is 1. The molecule has 4 heteroatoms. The van der Waals surface area contributed by atoms with E-state index in [1.807, 2.05) is 50.2 Å². The molecule has 0 saturated carbocycles. The highest BCUT2D eigenvalue weighted by Crippen LogP contribution is 2.25. The van der Waals surface area contributed by atoms with Gasteiger partial charge in [0.2, 0.25) is 0 Å². The zero-order chi connectivity index (χ0) is 14.7. The van der Waals surface area contributed by atoms with Crippen molar-refractivity contribution in [2.24, 2.45) is 0 Å². The Balaban J connectivity index is 2.67. The predicted molar refractivity (Wildman–Crippen MR) is 85.8 cm³/mol. The first-order chi connectivity index (χ1) is 9.58. The second-order valence-electron chi connectivity index (χ2n) is 4.90. The van der Waals surface area contributed by atoms with E-state index in [0.29, 0.717) is 11.3 Å². The highest BCUT2D eigenvalue weighted by molar-refractivity contribution is 7.79. The maximum Gasteiger partial charge on any atom is 0.255 e. The monoisotopic (exact) mass is 289 g/mol. The van der Waals surface area contributed by atoms with E-state index < -0.39 is 0 Å². The molecule has 0 spiro atoms. The van der Waals surface area contributed by atoms with Gasteiger partial charge in [0.25, 0.3) is 5.56 Å². The standard InChI is InChI=1S/C16H19NO2S/c1-11(2)17-15(8-7-13(10-20)16(17)18)12-5-4-6-14(9-12)19-3/h4-9,11,20H,10H2,1-3H3. The lowest BCUT2D eigenvalue weighted by atomic mass is 10.1. The Kier molecular flexibility index (Phi) is 4.55. The molecule has 0 bridgehead atoms. The van der Waals surface area contributed by atoms with E-state index in [2.05, 4.69) is 12.6 Å². The molecule has 0 N–H and O–H groups in total. The second kappa shape index (κ2) is 6.18. The van der Waals surface area contributed by atoms with E-state index >= 15 is 0 Å². The molecular weight excluding hydrogens is 270 g/mol. The van der Waals surface area contributed by atoms with Gasteiger partial charge in [-0.05, 0) is 32.0 Å². The molecule has 0 saturated heterocycles. The molecule has 1 heterocycles. The van der Waals surface area contributed by atoms with E-state index in [1.54, 1.807) is 11.7 Å². The topological polar surface area (TPSA) is 31.2 Å². The van der Waals surface area contributed by atoms with Crippen molar-refractivity contribution in [2.45, 2.75) is 25.6 Å². The Bertz CT molecular complexity index is 662. The fourth-order valence-electron chi connectivity index (χ4n) is 2.25. The summed E-state index contributed by atoms with van der Waals surface area (Å²) in [6.07, 6.45) is 0. The third-order valence-electron chi connectivity index (χ3n) is 3.25. The lowest BCUT2D eigenvalue weighted by molar-refractivity contribution is 0.415. The van der Waals surface area contributed by atoms with Crippen LogP contribution in [0.5, 0.6) is 5.75 Å². The molecule has 0 amide bonds. The van der Waals surface area contributed by atoms with Crippen LogP contribution in [0, 0.1) is 0 Å². The van der Waals surface area contributed by atoms with Crippen LogP contribution in [-0.4, -0.2) is 11.7 Å². The molecule has 2 aromatic rings. The number of methoxy groups -OCH3 is 1. The van der Waals surface area contributed by atoms with Crippen molar-refractivity contribution in [3.05, 3.63) is 52.3 Å². The van der Waals surface area contributed by atoms with Crippen LogP contribution in [0.1, 0.15) is 25.5 Å². The normalized spacial score (nSPS) is 10.8. The molecule has 106 valence electrons. The number of hydrogen-bond donors (Lipinski definition) is 1. The van der Waals surface area contributed by atoms with Gasteiger partial charge < -0.3 is 9.30 Å². The van der Waals surface area contributed by atoms with Gasteiger partial charge in [0.05, 0.1) is 12.8 Å². The molecule has 0 aliphatic heterocycles. The number of ether oxygens (including phenoxy) is 1. The summed E-state index contributed by atoms with van der Waals surface area (Å²) in [6, 6.07) is 11.7. The van der Waals surface area contributed by atoms with Crippen molar-refractivity contribution < 1.29 is 4.74 Å². The fraction of sp³-hybridized carbons (Fsp3) is 0.312. The third kappa shape index (κ3) is 2.75. The number of pyridine rings is 1. The maximum atomic E-state index is 12.5. The Labute approximate surface area is 124 Å². The average Bonchev–Trinajstić information content (AvgIpc) is 2.46. The van der Waals surface area contributed by atoms with Gasteiger partial charge in [-0.3, -0.25) is 4.79 Å². The Morgan fingerprint density at radius 2 is 2.00 bits per heavy atom. The molecule has 20 heavy (non-hydrogen) atoms. The van der Waals surface area contributed by atoms with Gasteiger partial charge in [-0.2, -0.15) is 12.6 Å². The molecule has 0 fully saturated rings. The largest absolute Gasteiger partial charge is 0.497 e. The summed E-state index contributed by atoms with van der Waals surface area (Å²) in [5.41, 5.74) is 2.61. The summed E-state index contributed by atoms with van der Waals surface area (Å²) in [7, 11) is 1.64. The highest BCUT2D eigenvalue weighted by Gasteiger charge is 2.12. The summed E-state index contributed by atoms with van der Waals surface area (Å²) in [4.78, 5) is 12.5. The van der Waals surface area contributed by atoms with E-state index in [9.17, 15) is 4.79 Å². The van der Waals surface area contributed by atoms with E-state index in [1.165, 1.54) is 0 Å². The number of thiol groups is 1. The first kappa shape index (κ1) is 14.7. The summed E-state index contributed by atoms with van der Waals surface area (Å²) in [6.45, 7) is 4.01. The molecule has 0 radical (unpaired) electrons. The van der Waals surface area contributed by atoms with Gasteiger partial charge in [0.15, 0.2) is 0 Å². The minimum atomic E-state index is 0.0234. The zero-order valence-corrected chi connectivity index (χ0v) is 12.9. The summed E-state index contributed by atoms with van der Waals surface area (Å²) >= 11 is 4.22. The highest BCUT2D eigenvalue weighted by atomic mass is 32.1. The molecular formula is C16H19NO2S. The van der Waals surface area contributed by atoms with Gasteiger partial charge in [-0.25, -0.2) is 0 Å². The fourth-order valence-corrected chi connectivity index (χ4v) is 2.49. The Hall–Kier alpha value is -1.68. The molecule has 1 aromatic heterocycles. The number of aromatic nitrogens is 1. The third-order valence-corrected chi connectivity index (χ3v) is 3.59. The van der Waals surface area contributed by atoms with Crippen molar-refractivity contribution in [2.75, 3.05) is 7.11 Å². The molecule has 0 unspecified atom stereocenters. The SMILES string of the molecule is COc1cccc(-c2ccc(CS)c(=O)n2C(C)C)c1. The first-order valence-corrected chi connectivity index (χ1v) is 7.21. The van der Waals surface area contributed by atoms with Crippen LogP contribution in [0.2, 0.25) is 0 Å². The van der Waals surface area contributed by atoms with E-state index in [-0.39, 0.29) is 11.6 Å². The minimum absolute atomic E-state index is 0.0234. The molecule has 3 nitrogen and oxygen atoms in total. The van der Waals surface area contributed by atoms with Crippen LogP contribution in [-0.2, 0) is 5.75 Å². The zero-order valence-electron chi connectivity index (χ0n) is 12.0. The average molecular weight is 289 g/mol. The van der Waals surface area contributed by atoms with E-state index in [0.717, 1.165) is 17.0 Å². The minimum Gasteiger partial charge on any atom is -0.497 e. The Morgan fingerprint density at radius 1 is 1.25 bits per heavy atom. The van der Waals surface area contributed by atoms with Crippen molar-refractivity contribution >= 4 is 12.6 Å². The van der Waals surface area contributed by atoms with Gasteiger partial charge in [-0.15, -0.1) is 0 Å². The number of hydrogen-bond acceptors (Lipinski definition) is 3. The number of rotatable bonds is 4. The van der Waals surface area contributed by atoms with Crippen LogP contribution in [0.3, 0.4) is 0 Å². The van der Waals surface area contributed by atoms with Gasteiger partial charge >= 0.3 is 0 Å². The van der Waals surface area contributed by atoms with Gasteiger partial charge in [0, 0.05) is 22.9 Å². The first-order valence-electron chi connectivity index (χ1n) is 6.58. The van der Waals surface area contributed by atoms with Crippen molar-refractivity contribution in [3.8, 4) is 17.0 Å². The van der Waals surface area contributed by atoms with Gasteiger partial charge in [-0.1, -0.05) is 18.2 Å². The lowest BCUT2D eigenvalue weighted by Crippen LogP contribution is -2.26.